The molecule has 1 fully saturated rings. The molecule has 2 aromatic carbocycles. The summed E-state index contributed by atoms with van der Waals surface area (Å²) in [7, 11) is 0. The molecule has 9 heteroatoms. The quantitative estimate of drug-likeness (QED) is 0.545. The van der Waals surface area contributed by atoms with E-state index in [4.69, 9.17) is 16.6 Å². The molecule has 1 aromatic heterocycles. The first-order chi connectivity index (χ1) is 15.5. The zero-order chi connectivity index (χ0) is 22.3. The minimum absolute atomic E-state index is 0.172. The molecule has 1 saturated heterocycles. The molecule has 1 aliphatic heterocycles. The summed E-state index contributed by atoms with van der Waals surface area (Å²) in [5, 5.41) is 7.51. The number of halogens is 1. The lowest BCUT2D eigenvalue weighted by atomic mass is 10.1. The standard InChI is InChI=1S/C23H27ClN6OS/c1-17-2-8-20(9-3-17)26-22(31)25-10-11-29-12-14-30(15-13-29)23-27-21(28-32-23)16-18-4-6-19(24)7-5-18/h2-9H,10-16H2,1H3,(H2,25,26,31). The largest absolute Gasteiger partial charge is 0.344 e. The van der Waals surface area contributed by atoms with Crippen molar-refractivity contribution in [1.29, 1.82) is 0 Å². The molecule has 0 atom stereocenters. The fourth-order valence-corrected chi connectivity index (χ4v) is 4.39. The number of anilines is 2. The first-order valence-electron chi connectivity index (χ1n) is 10.7. The van der Waals surface area contributed by atoms with E-state index in [1.165, 1.54) is 17.1 Å². The molecule has 0 spiro atoms. The van der Waals surface area contributed by atoms with Crippen molar-refractivity contribution in [3.63, 3.8) is 0 Å². The molecular weight excluding hydrogens is 444 g/mol. The Morgan fingerprint density at radius 3 is 2.50 bits per heavy atom. The van der Waals surface area contributed by atoms with Gasteiger partial charge in [-0.1, -0.05) is 41.4 Å². The summed E-state index contributed by atoms with van der Waals surface area (Å²) < 4.78 is 4.52. The van der Waals surface area contributed by atoms with E-state index in [-0.39, 0.29) is 6.03 Å². The highest BCUT2D eigenvalue weighted by molar-refractivity contribution is 7.09. The van der Waals surface area contributed by atoms with Gasteiger partial charge in [0.25, 0.3) is 0 Å². The molecule has 2 amide bonds. The molecule has 0 unspecified atom stereocenters. The number of hydrogen-bond donors (Lipinski definition) is 2. The van der Waals surface area contributed by atoms with Crippen LogP contribution in [0.2, 0.25) is 5.02 Å². The van der Waals surface area contributed by atoms with Crippen LogP contribution in [0.3, 0.4) is 0 Å². The van der Waals surface area contributed by atoms with Crippen molar-refractivity contribution < 1.29 is 4.79 Å². The maximum atomic E-state index is 12.1. The first-order valence-corrected chi connectivity index (χ1v) is 11.9. The molecule has 7 nitrogen and oxygen atoms in total. The number of benzene rings is 2. The topological polar surface area (TPSA) is 73.4 Å². The lowest BCUT2D eigenvalue weighted by Gasteiger charge is -2.34. The third-order valence-electron chi connectivity index (χ3n) is 5.40. The summed E-state index contributed by atoms with van der Waals surface area (Å²) in [6, 6.07) is 15.4. The monoisotopic (exact) mass is 470 g/mol. The van der Waals surface area contributed by atoms with Crippen LogP contribution in [-0.2, 0) is 6.42 Å². The van der Waals surface area contributed by atoms with Gasteiger partial charge < -0.3 is 15.5 Å². The number of hydrogen-bond acceptors (Lipinski definition) is 6. The van der Waals surface area contributed by atoms with Crippen LogP contribution in [0.1, 0.15) is 17.0 Å². The van der Waals surface area contributed by atoms with E-state index in [2.05, 4.69) is 24.8 Å². The van der Waals surface area contributed by atoms with Crippen LogP contribution in [0.4, 0.5) is 15.6 Å². The number of amides is 2. The van der Waals surface area contributed by atoms with E-state index in [0.717, 1.165) is 60.0 Å². The molecule has 2 heterocycles. The Balaban J connectivity index is 1.17. The third-order valence-corrected chi connectivity index (χ3v) is 6.47. The van der Waals surface area contributed by atoms with Crippen LogP contribution in [-0.4, -0.2) is 59.6 Å². The molecule has 4 rings (SSSR count). The second-order valence-electron chi connectivity index (χ2n) is 7.87. The van der Waals surface area contributed by atoms with Gasteiger partial charge in [0, 0.05) is 67.9 Å². The number of rotatable bonds is 7. The Kier molecular flexibility index (Phi) is 7.57. The molecule has 1 aliphatic rings. The summed E-state index contributed by atoms with van der Waals surface area (Å²) in [6.45, 7) is 7.15. The van der Waals surface area contributed by atoms with E-state index < -0.39 is 0 Å². The fourth-order valence-electron chi connectivity index (χ4n) is 3.53. The lowest BCUT2D eigenvalue weighted by Crippen LogP contribution is -2.48. The molecule has 2 N–H and O–H groups in total. The van der Waals surface area contributed by atoms with Crippen LogP contribution in [0.25, 0.3) is 0 Å². The normalized spacial score (nSPS) is 14.4. The van der Waals surface area contributed by atoms with E-state index in [0.29, 0.717) is 13.0 Å². The zero-order valence-corrected chi connectivity index (χ0v) is 19.6. The van der Waals surface area contributed by atoms with E-state index in [1.807, 2.05) is 55.5 Å². The Bertz CT molecular complexity index is 1020. The summed E-state index contributed by atoms with van der Waals surface area (Å²) in [4.78, 5) is 21.4. The minimum Gasteiger partial charge on any atom is -0.344 e. The van der Waals surface area contributed by atoms with Crippen LogP contribution >= 0.6 is 23.1 Å². The second kappa shape index (κ2) is 10.8. The van der Waals surface area contributed by atoms with Gasteiger partial charge in [-0.05, 0) is 36.8 Å². The smallest absolute Gasteiger partial charge is 0.319 e. The van der Waals surface area contributed by atoms with Gasteiger partial charge >= 0.3 is 6.03 Å². The number of urea groups is 1. The van der Waals surface area contributed by atoms with Gasteiger partial charge in [0.1, 0.15) is 5.82 Å². The highest BCUT2D eigenvalue weighted by Crippen LogP contribution is 2.21. The van der Waals surface area contributed by atoms with Gasteiger partial charge in [-0.3, -0.25) is 4.90 Å². The summed E-state index contributed by atoms with van der Waals surface area (Å²) in [5.41, 5.74) is 3.12. The molecular formula is C23H27ClN6OS. The van der Waals surface area contributed by atoms with Crippen LogP contribution in [0.5, 0.6) is 0 Å². The molecule has 32 heavy (non-hydrogen) atoms. The van der Waals surface area contributed by atoms with Gasteiger partial charge in [0.2, 0.25) is 5.13 Å². The van der Waals surface area contributed by atoms with E-state index >= 15 is 0 Å². The Labute approximate surface area is 197 Å². The number of carbonyl (C=O) groups excluding carboxylic acids is 1. The zero-order valence-electron chi connectivity index (χ0n) is 18.1. The lowest BCUT2D eigenvalue weighted by molar-refractivity contribution is 0.240. The van der Waals surface area contributed by atoms with Gasteiger partial charge in [0.15, 0.2) is 0 Å². The van der Waals surface area contributed by atoms with E-state index in [9.17, 15) is 4.79 Å². The summed E-state index contributed by atoms with van der Waals surface area (Å²) in [5.74, 6) is 0.846. The number of carbonyl (C=O) groups is 1. The fraction of sp³-hybridized carbons (Fsp3) is 0.348. The van der Waals surface area contributed by atoms with Crippen LogP contribution in [0, 0.1) is 6.92 Å². The van der Waals surface area contributed by atoms with Crippen molar-refractivity contribution in [2.75, 3.05) is 49.5 Å². The number of aromatic nitrogens is 2. The number of nitrogens with zero attached hydrogens (tertiary/aromatic N) is 4. The predicted molar refractivity (Wildman–Crippen MR) is 131 cm³/mol. The first kappa shape index (κ1) is 22.5. The van der Waals surface area contributed by atoms with Crippen molar-refractivity contribution in [2.45, 2.75) is 13.3 Å². The van der Waals surface area contributed by atoms with Crippen molar-refractivity contribution in [3.05, 3.63) is 70.5 Å². The summed E-state index contributed by atoms with van der Waals surface area (Å²) >= 11 is 7.41. The van der Waals surface area contributed by atoms with Crippen molar-refractivity contribution in [2.24, 2.45) is 0 Å². The highest BCUT2D eigenvalue weighted by atomic mass is 35.5. The van der Waals surface area contributed by atoms with Crippen LogP contribution in [0.15, 0.2) is 48.5 Å². The molecule has 0 radical (unpaired) electrons. The summed E-state index contributed by atoms with van der Waals surface area (Å²) in [6.07, 6.45) is 0.712. The molecule has 168 valence electrons. The van der Waals surface area contributed by atoms with E-state index in [1.54, 1.807) is 0 Å². The average molecular weight is 471 g/mol. The second-order valence-corrected chi connectivity index (χ2v) is 9.04. The Morgan fingerprint density at radius 2 is 1.78 bits per heavy atom. The number of nitrogens with one attached hydrogen (secondary N) is 2. The van der Waals surface area contributed by atoms with Gasteiger partial charge in [-0.15, -0.1) is 0 Å². The molecule has 0 saturated carbocycles. The van der Waals surface area contributed by atoms with Crippen molar-refractivity contribution >= 4 is 40.0 Å². The van der Waals surface area contributed by atoms with Gasteiger partial charge in [-0.25, -0.2) is 9.78 Å². The van der Waals surface area contributed by atoms with Crippen molar-refractivity contribution in [3.8, 4) is 0 Å². The number of piperazine rings is 1. The third kappa shape index (κ3) is 6.41. The Morgan fingerprint density at radius 1 is 1.06 bits per heavy atom. The minimum atomic E-state index is -0.172. The van der Waals surface area contributed by atoms with Gasteiger partial charge in [-0.2, -0.15) is 4.37 Å². The van der Waals surface area contributed by atoms with Crippen molar-refractivity contribution in [1.82, 2.24) is 19.6 Å². The average Bonchev–Trinajstić information content (AvgIpc) is 3.26. The molecule has 0 aliphatic carbocycles. The highest BCUT2D eigenvalue weighted by Gasteiger charge is 2.20. The molecule has 0 bridgehead atoms. The maximum Gasteiger partial charge on any atom is 0.319 e. The van der Waals surface area contributed by atoms with Crippen LogP contribution < -0.4 is 15.5 Å². The number of aryl methyl sites for hydroxylation is 1. The maximum absolute atomic E-state index is 12.1. The SMILES string of the molecule is Cc1ccc(NC(=O)NCCN2CCN(c3nc(Cc4ccc(Cl)cc4)ns3)CC2)cc1. The molecule has 3 aromatic rings. The Hall–Kier alpha value is -2.68. The van der Waals surface area contributed by atoms with Gasteiger partial charge in [0.05, 0.1) is 0 Å². The predicted octanol–water partition coefficient (Wildman–Crippen LogP) is 4.03.